The first-order valence-corrected chi connectivity index (χ1v) is 32.7. The summed E-state index contributed by atoms with van der Waals surface area (Å²) in [5.74, 6) is -0.578. The second kappa shape index (κ2) is 27.7. The molecule has 21 heteroatoms. The molecule has 0 radical (unpaired) electrons. The molecule has 0 saturated heterocycles. The van der Waals surface area contributed by atoms with Gasteiger partial charge in [-0.3, -0.25) is 19.4 Å². The Bertz CT molecular complexity index is 3730. The zero-order chi connectivity index (χ0) is 61.9. The number of pyridine rings is 2. The number of unbranched alkanes of at least 4 members (excludes halogenated alkanes) is 4. The van der Waals surface area contributed by atoms with Crippen molar-refractivity contribution in [3.63, 3.8) is 0 Å². The minimum atomic E-state index is -4.19. The van der Waals surface area contributed by atoms with Crippen molar-refractivity contribution in [2.24, 2.45) is 5.73 Å². The number of sulfone groups is 1. The summed E-state index contributed by atoms with van der Waals surface area (Å²) in [5.41, 5.74) is 9.19. The number of ether oxygens (including phenoxy) is 4. The maximum atomic E-state index is 14.3. The van der Waals surface area contributed by atoms with Crippen molar-refractivity contribution in [3.8, 4) is 11.5 Å². The lowest BCUT2D eigenvalue weighted by Gasteiger charge is -2.40. The molecule has 0 aliphatic rings. The van der Waals surface area contributed by atoms with Crippen LogP contribution >= 0.6 is 0 Å². The van der Waals surface area contributed by atoms with E-state index in [2.05, 4.69) is 54.5 Å². The molecular weight excluding hydrogens is 1120 g/mol. The van der Waals surface area contributed by atoms with E-state index in [1.165, 1.54) is 54.6 Å². The van der Waals surface area contributed by atoms with Crippen LogP contribution < -0.4 is 31.4 Å². The van der Waals surface area contributed by atoms with Gasteiger partial charge in [-0.1, -0.05) is 63.9 Å². The first-order valence-electron chi connectivity index (χ1n) is 28.3. The molecule has 2 heterocycles. The van der Waals surface area contributed by atoms with Crippen molar-refractivity contribution in [2.75, 3.05) is 44.0 Å². The Hall–Kier alpha value is -8.11. The SMILES string of the molecule is COc1cccc(Nc2c(C(N)=O)cnc3c(C)cc(S(=O)(=O)c4cccc(C(=O)Nc5ccc(CCCCOCCCCCCN(CC(O[Si](C)(C)C(C)(C)C)c6ccc(OC(=O)OC(C)(C)C)c7[nH]c(=O)ccc67)C(=O)O)cc5)c4)cc23)c1. The van der Waals surface area contributed by atoms with Crippen LogP contribution in [0, 0.1) is 6.92 Å². The Morgan fingerprint density at radius 1 is 0.800 bits per heavy atom. The van der Waals surface area contributed by atoms with Gasteiger partial charge in [-0.05, 0) is 161 Å². The van der Waals surface area contributed by atoms with E-state index in [9.17, 15) is 37.5 Å². The number of primary amides is 1. The number of hydrogen-bond donors (Lipinski definition) is 5. The van der Waals surface area contributed by atoms with Crippen LogP contribution in [0.3, 0.4) is 0 Å². The van der Waals surface area contributed by atoms with Gasteiger partial charge in [0, 0.05) is 65.8 Å². The van der Waals surface area contributed by atoms with Gasteiger partial charge in [0.2, 0.25) is 15.4 Å². The van der Waals surface area contributed by atoms with Crippen LogP contribution in [0.25, 0.3) is 21.8 Å². The van der Waals surface area contributed by atoms with Crippen molar-refractivity contribution in [2.45, 2.75) is 133 Å². The van der Waals surface area contributed by atoms with Crippen LogP contribution in [0.5, 0.6) is 11.5 Å². The smallest absolute Gasteiger partial charge is 0.497 e. The average molecular weight is 1200 g/mol. The standard InChI is InChI=1S/C64H78N6O13SSi/c1-41-35-48(38-51-56(41)66-39-52(59(65)72)57(51)67-45-21-18-22-46(37-45)79-8)84(77,78)47-23-17-20-43(36-47)60(73)68-44-26-24-42(25-27-44)19-13-16-34-80-33-15-12-11-14-32-70(61(74)75)40-54(83-85(9,10)64(5,6)7)49-28-30-53(81-62(76)82-63(2,3)4)58-50(49)29-31-55(71)69-58/h17-18,20-31,35-39,54H,11-16,19,32-34,40H2,1-10H3,(H2,65,72)(H,66,67)(H,68,73)(H,69,71)(H,74,75). The second-order valence-electron chi connectivity index (χ2n) is 23.5. The topological polar surface area (TPSA) is 268 Å². The summed E-state index contributed by atoms with van der Waals surface area (Å²) in [6, 6.07) is 29.6. The third kappa shape index (κ3) is 17.0. The number of hydrogen-bond acceptors (Lipinski definition) is 14. The number of carbonyl (C=O) groups excluding carboxylic acids is 3. The Morgan fingerprint density at radius 3 is 2.19 bits per heavy atom. The number of aromatic amines is 1. The largest absolute Gasteiger partial charge is 0.514 e. The first-order chi connectivity index (χ1) is 40.1. The maximum absolute atomic E-state index is 14.3. The van der Waals surface area contributed by atoms with Crippen molar-refractivity contribution in [3.05, 3.63) is 154 Å². The minimum Gasteiger partial charge on any atom is -0.497 e. The number of methoxy groups -OCH3 is 1. The molecule has 5 aromatic carbocycles. The van der Waals surface area contributed by atoms with Gasteiger partial charge in [0.05, 0.1) is 51.8 Å². The van der Waals surface area contributed by atoms with Crippen molar-refractivity contribution >= 4 is 81.1 Å². The lowest BCUT2D eigenvalue weighted by atomic mass is 10.0. The summed E-state index contributed by atoms with van der Waals surface area (Å²) < 4.78 is 57.7. The number of nitrogens with zero attached hydrogens (tertiary/aromatic N) is 2. The van der Waals surface area contributed by atoms with Crippen molar-refractivity contribution < 1.29 is 56.1 Å². The monoisotopic (exact) mass is 1200 g/mol. The highest BCUT2D eigenvalue weighted by Crippen LogP contribution is 2.42. The lowest BCUT2D eigenvalue weighted by Crippen LogP contribution is -2.45. The van der Waals surface area contributed by atoms with E-state index in [0.717, 1.165) is 44.1 Å². The maximum Gasteiger partial charge on any atom is 0.514 e. The molecular formula is C64H78N6O13SSi. The fourth-order valence-corrected chi connectivity index (χ4v) is 12.0. The van der Waals surface area contributed by atoms with Gasteiger partial charge in [0.1, 0.15) is 11.4 Å². The van der Waals surface area contributed by atoms with Gasteiger partial charge in [-0.15, -0.1) is 0 Å². The Kier molecular flexibility index (Phi) is 21.0. The van der Waals surface area contributed by atoms with Crippen LogP contribution in [-0.4, -0.2) is 99.8 Å². The number of rotatable bonds is 26. The molecule has 2 aromatic heterocycles. The molecule has 7 aromatic rings. The van der Waals surface area contributed by atoms with Crippen LogP contribution in [0.1, 0.15) is 124 Å². The zero-order valence-corrected chi connectivity index (χ0v) is 51.9. The predicted molar refractivity (Wildman–Crippen MR) is 332 cm³/mol. The second-order valence-corrected chi connectivity index (χ2v) is 30.2. The number of benzene rings is 5. The number of nitrogens with two attached hydrogens (primary N) is 1. The molecule has 3 amide bonds. The summed E-state index contributed by atoms with van der Waals surface area (Å²) in [6.07, 6.45) is 4.31. The van der Waals surface area contributed by atoms with E-state index in [1.807, 2.05) is 24.3 Å². The van der Waals surface area contributed by atoms with Gasteiger partial charge in [-0.25, -0.2) is 18.0 Å². The quantitative estimate of drug-likeness (QED) is 0.0146. The molecule has 85 heavy (non-hydrogen) atoms. The van der Waals surface area contributed by atoms with Gasteiger partial charge in [-0.2, -0.15) is 0 Å². The molecule has 452 valence electrons. The summed E-state index contributed by atoms with van der Waals surface area (Å²) in [7, 11) is -5.16. The number of aromatic nitrogens is 2. The molecule has 0 fully saturated rings. The summed E-state index contributed by atoms with van der Waals surface area (Å²) >= 11 is 0. The first kappa shape index (κ1) is 64.4. The number of aryl methyl sites for hydroxylation is 2. The number of H-pyrrole nitrogens is 1. The minimum absolute atomic E-state index is 0.0449. The van der Waals surface area contributed by atoms with E-state index in [4.69, 9.17) is 29.1 Å². The molecule has 0 spiro atoms. The number of carbonyl (C=O) groups is 4. The Labute approximate surface area is 497 Å². The van der Waals surface area contributed by atoms with Crippen LogP contribution in [0.2, 0.25) is 18.1 Å². The van der Waals surface area contributed by atoms with Crippen molar-refractivity contribution in [1.82, 2.24) is 14.9 Å². The number of carboxylic acid groups (broad SMARTS) is 1. The van der Waals surface area contributed by atoms with Crippen molar-refractivity contribution in [1.29, 1.82) is 0 Å². The molecule has 0 bridgehead atoms. The van der Waals surface area contributed by atoms with E-state index in [-0.39, 0.29) is 49.5 Å². The Balaban J connectivity index is 0.866. The molecule has 19 nitrogen and oxygen atoms in total. The number of nitrogens with one attached hydrogen (secondary N) is 3. The van der Waals surface area contributed by atoms with E-state index >= 15 is 0 Å². The highest BCUT2D eigenvalue weighted by atomic mass is 32.2. The molecule has 6 N–H and O–H groups in total. The number of amides is 3. The van der Waals surface area contributed by atoms with Crippen LogP contribution in [-0.2, 0) is 30.2 Å². The van der Waals surface area contributed by atoms with E-state index in [0.29, 0.717) is 70.7 Å². The number of fused-ring (bicyclic) bond motifs is 2. The number of anilines is 3. The van der Waals surface area contributed by atoms with E-state index < -0.39 is 59.5 Å². The van der Waals surface area contributed by atoms with Gasteiger partial charge < -0.3 is 54.7 Å². The summed E-state index contributed by atoms with van der Waals surface area (Å²) in [6.45, 7) is 18.9. The van der Waals surface area contributed by atoms with Gasteiger partial charge in [0.25, 0.3) is 11.8 Å². The van der Waals surface area contributed by atoms with Gasteiger partial charge in [0.15, 0.2) is 14.1 Å². The summed E-state index contributed by atoms with van der Waals surface area (Å²) in [5, 5.41) is 17.3. The molecule has 1 unspecified atom stereocenters. The normalized spacial score (nSPS) is 12.4. The molecule has 7 rings (SSSR count). The molecule has 0 aliphatic carbocycles. The molecule has 0 saturated carbocycles. The van der Waals surface area contributed by atoms with Gasteiger partial charge >= 0.3 is 12.2 Å². The zero-order valence-electron chi connectivity index (χ0n) is 50.1. The third-order valence-electron chi connectivity index (χ3n) is 14.9. The third-order valence-corrected chi connectivity index (χ3v) is 21.1. The Morgan fingerprint density at radius 2 is 1.51 bits per heavy atom. The highest BCUT2D eigenvalue weighted by molar-refractivity contribution is 7.91. The highest BCUT2D eigenvalue weighted by Gasteiger charge is 2.41. The van der Waals surface area contributed by atoms with E-state index in [1.54, 1.807) is 76.2 Å². The summed E-state index contributed by atoms with van der Waals surface area (Å²) in [4.78, 5) is 72.6. The predicted octanol–water partition coefficient (Wildman–Crippen LogP) is 13.3. The van der Waals surface area contributed by atoms with Crippen LogP contribution in [0.15, 0.2) is 130 Å². The average Bonchev–Trinajstić information content (AvgIpc) is 1.25. The lowest BCUT2D eigenvalue weighted by molar-refractivity contribution is 0.0208. The molecule has 0 aliphatic heterocycles. The molecule has 1 atom stereocenters. The van der Waals surface area contributed by atoms with Crippen LogP contribution in [0.4, 0.5) is 26.7 Å². The fraction of sp³-hybridized carbons (Fsp3) is 0.375. The fourth-order valence-electron chi connectivity index (χ4n) is 9.33.